The molecule has 0 spiro atoms. The third-order valence-corrected chi connectivity index (χ3v) is 3.80. The fraction of sp³-hybridized carbons (Fsp3) is 0.143. The quantitative estimate of drug-likeness (QED) is 0.599. The number of benzene rings is 3. The third kappa shape index (κ3) is 4.44. The smallest absolute Gasteiger partial charge is 0.131 e. The molecule has 0 aliphatic carbocycles. The van der Waals surface area contributed by atoms with E-state index < -0.39 is 0 Å². The molecule has 4 nitrogen and oxygen atoms in total. The largest absolute Gasteiger partial charge is 0.457 e. The fourth-order valence-corrected chi connectivity index (χ4v) is 2.39. The highest BCUT2D eigenvalue weighted by molar-refractivity contribution is 5.47. The van der Waals surface area contributed by atoms with Crippen molar-refractivity contribution in [2.75, 3.05) is 11.5 Å². The monoisotopic (exact) mass is 334 g/mol. The van der Waals surface area contributed by atoms with Gasteiger partial charge in [0.1, 0.15) is 23.0 Å². The van der Waals surface area contributed by atoms with Crippen LogP contribution < -0.4 is 20.9 Å². The second-order valence-corrected chi connectivity index (χ2v) is 6.23. The maximum atomic E-state index is 5.97. The zero-order chi connectivity index (χ0) is 17.8. The molecule has 3 aromatic rings. The molecule has 128 valence electrons. The van der Waals surface area contributed by atoms with Crippen molar-refractivity contribution in [3.8, 4) is 23.0 Å². The molecule has 4 N–H and O–H groups in total. The lowest BCUT2D eigenvalue weighted by atomic mass is 10.0. The Bertz CT molecular complexity index is 775. The Balaban J connectivity index is 1.88. The zero-order valence-electron chi connectivity index (χ0n) is 14.4. The number of ether oxygens (including phenoxy) is 2. The van der Waals surface area contributed by atoms with Crippen LogP contribution in [0.15, 0.2) is 66.7 Å². The molecule has 0 fully saturated rings. The average Bonchev–Trinajstić information content (AvgIpc) is 2.59. The lowest BCUT2D eigenvalue weighted by Gasteiger charge is -2.14. The molecule has 4 heteroatoms. The molecule has 0 amide bonds. The molecular formula is C21H22N2O2. The van der Waals surface area contributed by atoms with Crippen LogP contribution in [0.3, 0.4) is 0 Å². The van der Waals surface area contributed by atoms with Crippen LogP contribution in [-0.4, -0.2) is 0 Å². The topological polar surface area (TPSA) is 70.5 Å². The predicted octanol–water partition coefficient (Wildman–Crippen LogP) is 5.56. The number of anilines is 2. The van der Waals surface area contributed by atoms with Gasteiger partial charge in [0, 0.05) is 17.4 Å². The molecule has 0 unspecified atom stereocenters. The highest BCUT2D eigenvalue weighted by Gasteiger charge is 2.08. The average molecular weight is 334 g/mol. The van der Waals surface area contributed by atoms with E-state index in [1.807, 2.05) is 66.7 Å². The van der Waals surface area contributed by atoms with Crippen LogP contribution >= 0.6 is 0 Å². The van der Waals surface area contributed by atoms with Crippen LogP contribution in [0.1, 0.15) is 25.3 Å². The van der Waals surface area contributed by atoms with Crippen molar-refractivity contribution in [2.45, 2.75) is 19.8 Å². The van der Waals surface area contributed by atoms with E-state index in [4.69, 9.17) is 20.9 Å². The Morgan fingerprint density at radius 1 is 0.600 bits per heavy atom. The minimum absolute atomic E-state index is 0.351. The summed E-state index contributed by atoms with van der Waals surface area (Å²) in [4.78, 5) is 0. The van der Waals surface area contributed by atoms with E-state index in [0.717, 1.165) is 28.6 Å². The second-order valence-electron chi connectivity index (χ2n) is 6.23. The van der Waals surface area contributed by atoms with Crippen LogP contribution in [0.4, 0.5) is 11.4 Å². The molecule has 0 saturated carbocycles. The fourth-order valence-electron chi connectivity index (χ4n) is 2.39. The summed E-state index contributed by atoms with van der Waals surface area (Å²) < 4.78 is 11.9. The summed E-state index contributed by atoms with van der Waals surface area (Å²) in [5.41, 5.74) is 14.0. The Morgan fingerprint density at radius 3 is 1.36 bits per heavy atom. The van der Waals surface area contributed by atoms with Crippen molar-refractivity contribution in [2.24, 2.45) is 0 Å². The highest BCUT2D eigenvalue weighted by Crippen LogP contribution is 2.33. The Kier molecular flexibility index (Phi) is 4.80. The first-order valence-electron chi connectivity index (χ1n) is 8.21. The predicted molar refractivity (Wildman–Crippen MR) is 102 cm³/mol. The number of hydrogen-bond donors (Lipinski definition) is 2. The second kappa shape index (κ2) is 7.18. The minimum Gasteiger partial charge on any atom is -0.457 e. The van der Waals surface area contributed by atoms with Gasteiger partial charge in [0.2, 0.25) is 0 Å². The molecule has 25 heavy (non-hydrogen) atoms. The lowest BCUT2D eigenvalue weighted by Crippen LogP contribution is -1.93. The highest BCUT2D eigenvalue weighted by atomic mass is 16.5. The molecule has 0 heterocycles. The van der Waals surface area contributed by atoms with Crippen molar-refractivity contribution in [1.82, 2.24) is 0 Å². The zero-order valence-corrected chi connectivity index (χ0v) is 14.4. The van der Waals surface area contributed by atoms with Gasteiger partial charge in [-0.05, 0) is 72.1 Å². The SMILES string of the molecule is CC(C)c1cc(Oc2ccc(N)cc2)cc(Oc2ccc(N)cc2)c1. The number of rotatable bonds is 5. The van der Waals surface area contributed by atoms with Crippen molar-refractivity contribution in [3.63, 3.8) is 0 Å². The number of hydrogen-bond acceptors (Lipinski definition) is 4. The van der Waals surface area contributed by atoms with Crippen LogP contribution in [0.2, 0.25) is 0 Å². The number of nitrogen functional groups attached to an aromatic ring is 2. The van der Waals surface area contributed by atoms with Gasteiger partial charge in [-0.2, -0.15) is 0 Å². The summed E-state index contributed by atoms with van der Waals surface area (Å²) in [7, 11) is 0. The first-order chi connectivity index (χ1) is 12.0. The molecular weight excluding hydrogens is 312 g/mol. The molecule has 0 radical (unpaired) electrons. The van der Waals surface area contributed by atoms with Gasteiger partial charge in [0.05, 0.1) is 0 Å². The summed E-state index contributed by atoms with van der Waals surface area (Å²) in [6.45, 7) is 4.27. The lowest BCUT2D eigenvalue weighted by molar-refractivity contribution is 0.458. The maximum absolute atomic E-state index is 5.97. The van der Waals surface area contributed by atoms with E-state index in [-0.39, 0.29) is 0 Å². The van der Waals surface area contributed by atoms with Crippen LogP contribution in [0.5, 0.6) is 23.0 Å². The summed E-state index contributed by atoms with van der Waals surface area (Å²) in [5, 5.41) is 0. The van der Waals surface area contributed by atoms with Crippen LogP contribution in [0.25, 0.3) is 0 Å². The maximum Gasteiger partial charge on any atom is 0.131 e. The first kappa shape index (κ1) is 16.7. The summed E-state index contributed by atoms with van der Waals surface area (Å²) in [5.74, 6) is 3.26. The van der Waals surface area contributed by atoms with Gasteiger partial charge in [0.25, 0.3) is 0 Å². The standard InChI is InChI=1S/C21H22N2O2/c1-14(2)15-11-20(24-18-7-3-16(22)4-8-18)13-21(12-15)25-19-9-5-17(23)6-10-19/h3-14H,22-23H2,1-2H3. The van der Waals surface area contributed by atoms with E-state index in [0.29, 0.717) is 17.3 Å². The minimum atomic E-state index is 0.351. The van der Waals surface area contributed by atoms with Crippen LogP contribution in [0, 0.1) is 0 Å². The molecule has 0 aliphatic rings. The summed E-state index contributed by atoms with van der Waals surface area (Å²) in [6, 6.07) is 20.6. The van der Waals surface area contributed by atoms with Crippen LogP contribution in [-0.2, 0) is 0 Å². The van der Waals surface area contributed by atoms with E-state index in [2.05, 4.69) is 13.8 Å². The first-order valence-corrected chi connectivity index (χ1v) is 8.21. The van der Waals surface area contributed by atoms with Gasteiger partial charge in [-0.3, -0.25) is 0 Å². The molecule has 0 atom stereocenters. The molecule has 0 bridgehead atoms. The molecule has 0 saturated heterocycles. The molecule has 0 aliphatic heterocycles. The Labute approximate surface area is 148 Å². The Morgan fingerprint density at radius 2 is 1.00 bits per heavy atom. The third-order valence-electron chi connectivity index (χ3n) is 3.80. The van der Waals surface area contributed by atoms with Crippen molar-refractivity contribution < 1.29 is 9.47 Å². The van der Waals surface area contributed by atoms with E-state index in [1.54, 1.807) is 0 Å². The van der Waals surface area contributed by atoms with Crippen molar-refractivity contribution in [1.29, 1.82) is 0 Å². The summed E-state index contributed by atoms with van der Waals surface area (Å²) in [6.07, 6.45) is 0. The van der Waals surface area contributed by atoms with Gasteiger partial charge in [0.15, 0.2) is 0 Å². The van der Waals surface area contributed by atoms with Gasteiger partial charge in [-0.15, -0.1) is 0 Å². The van der Waals surface area contributed by atoms with E-state index in [1.165, 1.54) is 0 Å². The van der Waals surface area contributed by atoms with Gasteiger partial charge < -0.3 is 20.9 Å². The van der Waals surface area contributed by atoms with E-state index in [9.17, 15) is 0 Å². The molecule has 3 rings (SSSR count). The number of nitrogens with two attached hydrogens (primary N) is 2. The molecule has 0 aromatic heterocycles. The van der Waals surface area contributed by atoms with Crippen molar-refractivity contribution >= 4 is 11.4 Å². The van der Waals surface area contributed by atoms with E-state index >= 15 is 0 Å². The van der Waals surface area contributed by atoms with Gasteiger partial charge in [-0.1, -0.05) is 13.8 Å². The Hall–Kier alpha value is -3.14. The van der Waals surface area contributed by atoms with Gasteiger partial charge >= 0.3 is 0 Å². The van der Waals surface area contributed by atoms with Crippen molar-refractivity contribution in [3.05, 3.63) is 72.3 Å². The molecule has 3 aromatic carbocycles. The normalized spacial score (nSPS) is 10.7. The van der Waals surface area contributed by atoms with Gasteiger partial charge in [-0.25, -0.2) is 0 Å². The summed E-state index contributed by atoms with van der Waals surface area (Å²) >= 11 is 0.